The van der Waals surface area contributed by atoms with E-state index >= 15 is 0 Å². The topological polar surface area (TPSA) is 38.3 Å². The number of allylic oxidation sites excluding steroid dienone is 1. The predicted molar refractivity (Wildman–Crippen MR) is 101 cm³/mol. The fourth-order valence-corrected chi connectivity index (χ4v) is 3.42. The number of rotatable bonds is 5. The second-order valence-corrected chi connectivity index (χ2v) is 6.59. The molecule has 0 aromatic heterocycles. The summed E-state index contributed by atoms with van der Waals surface area (Å²) in [4.78, 5) is 12.6. The maximum atomic E-state index is 12.6. The van der Waals surface area contributed by atoms with E-state index in [2.05, 4.69) is 24.4 Å². The lowest BCUT2D eigenvalue weighted by Gasteiger charge is -2.26. The van der Waals surface area contributed by atoms with Crippen LogP contribution in [0.5, 0.6) is 0 Å². The Kier molecular flexibility index (Phi) is 5.44. The maximum absolute atomic E-state index is 12.6. The normalized spacial score (nSPS) is 14.7. The Morgan fingerprint density at radius 1 is 1.20 bits per heavy atom. The van der Waals surface area contributed by atoms with Crippen LogP contribution in [-0.4, -0.2) is 12.6 Å². The van der Waals surface area contributed by atoms with Crippen molar-refractivity contribution >= 4 is 23.1 Å². The molecule has 3 nitrogen and oxygen atoms in total. The van der Waals surface area contributed by atoms with Crippen LogP contribution in [0.2, 0.25) is 5.02 Å². The largest absolute Gasteiger partial charge is 0.462 e. The SMILES string of the molecule is CCOC(=O)C1=C(N[C@@H](C)c2ccccc2)CCc2cc(Cl)ccc21. The second-order valence-electron chi connectivity index (χ2n) is 6.15. The third-order valence-corrected chi connectivity index (χ3v) is 4.69. The summed E-state index contributed by atoms with van der Waals surface area (Å²) < 4.78 is 5.32. The Morgan fingerprint density at radius 2 is 1.96 bits per heavy atom. The average molecular weight is 356 g/mol. The van der Waals surface area contributed by atoms with Gasteiger partial charge < -0.3 is 10.1 Å². The number of hydrogen-bond donors (Lipinski definition) is 1. The number of ether oxygens (including phenoxy) is 1. The lowest BCUT2D eigenvalue weighted by molar-refractivity contribution is -0.136. The molecule has 0 amide bonds. The highest BCUT2D eigenvalue weighted by Crippen LogP contribution is 2.34. The molecule has 0 aliphatic heterocycles. The summed E-state index contributed by atoms with van der Waals surface area (Å²) in [6, 6.07) is 16.0. The quantitative estimate of drug-likeness (QED) is 0.774. The third kappa shape index (κ3) is 3.88. The number of aryl methyl sites for hydroxylation is 1. The Bertz CT molecular complexity index is 799. The highest BCUT2D eigenvalue weighted by molar-refractivity contribution is 6.31. The van der Waals surface area contributed by atoms with Crippen LogP contribution in [0, 0.1) is 0 Å². The molecule has 4 heteroatoms. The van der Waals surface area contributed by atoms with E-state index in [4.69, 9.17) is 16.3 Å². The van der Waals surface area contributed by atoms with Crippen molar-refractivity contribution in [1.82, 2.24) is 5.32 Å². The monoisotopic (exact) mass is 355 g/mol. The molecule has 0 radical (unpaired) electrons. The van der Waals surface area contributed by atoms with Gasteiger partial charge in [-0.2, -0.15) is 0 Å². The number of hydrogen-bond acceptors (Lipinski definition) is 3. The molecule has 2 aromatic rings. The molecule has 0 heterocycles. The molecule has 2 aromatic carbocycles. The number of esters is 1. The van der Waals surface area contributed by atoms with Crippen molar-refractivity contribution in [2.45, 2.75) is 32.7 Å². The van der Waals surface area contributed by atoms with Crippen molar-refractivity contribution in [3.8, 4) is 0 Å². The lowest BCUT2D eigenvalue weighted by atomic mass is 9.88. The molecule has 0 bridgehead atoms. The van der Waals surface area contributed by atoms with Crippen LogP contribution in [0.1, 0.15) is 43.0 Å². The predicted octanol–water partition coefficient (Wildman–Crippen LogP) is 4.91. The van der Waals surface area contributed by atoms with Gasteiger partial charge >= 0.3 is 5.97 Å². The molecule has 0 saturated heterocycles. The van der Waals surface area contributed by atoms with Crippen LogP contribution >= 0.6 is 11.6 Å². The summed E-state index contributed by atoms with van der Waals surface area (Å²) in [5.41, 5.74) is 4.75. The number of halogens is 1. The summed E-state index contributed by atoms with van der Waals surface area (Å²) in [7, 11) is 0. The standard InChI is InChI=1S/C21H22ClNO2/c1-3-25-21(24)20-18-11-10-17(22)13-16(18)9-12-19(20)23-14(2)15-7-5-4-6-8-15/h4-8,10-11,13-14,23H,3,9,12H2,1-2H3/t14-/m0/s1. The molecule has 130 valence electrons. The molecule has 1 atom stereocenters. The minimum atomic E-state index is -0.284. The minimum absolute atomic E-state index is 0.106. The summed E-state index contributed by atoms with van der Waals surface area (Å²) in [6.07, 6.45) is 1.61. The first-order valence-electron chi connectivity index (χ1n) is 8.60. The van der Waals surface area contributed by atoms with Crippen LogP contribution in [0.25, 0.3) is 5.57 Å². The van der Waals surface area contributed by atoms with Gasteiger partial charge in [0.25, 0.3) is 0 Å². The van der Waals surface area contributed by atoms with E-state index in [0.29, 0.717) is 17.2 Å². The van der Waals surface area contributed by atoms with Gasteiger partial charge in [-0.1, -0.05) is 48.0 Å². The van der Waals surface area contributed by atoms with Gasteiger partial charge in [0.1, 0.15) is 0 Å². The molecule has 0 spiro atoms. The third-order valence-electron chi connectivity index (χ3n) is 4.45. The van der Waals surface area contributed by atoms with Crippen molar-refractivity contribution in [2.24, 2.45) is 0 Å². The van der Waals surface area contributed by atoms with Crippen LogP contribution in [0.4, 0.5) is 0 Å². The van der Waals surface area contributed by atoms with Gasteiger partial charge in [-0.05, 0) is 55.5 Å². The van der Waals surface area contributed by atoms with Crippen LogP contribution in [0.3, 0.4) is 0 Å². The van der Waals surface area contributed by atoms with Gasteiger partial charge in [0, 0.05) is 16.8 Å². The zero-order valence-electron chi connectivity index (χ0n) is 14.5. The van der Waals surface area contributed by atoms with Gasteiger partial charge in [0.05, 0.1) is 12.2 Å². The van der Waals surface area contributed by atoms with Crippen LogP contribution in [0.15, 0.2) is 54.2 Å². The molecule has 1 aliphatic carbocycles. The zero-order valence-corrected chi connectivity index (χ0v) is 15.3. The van der Waals surface area contributed by atoms with E-state index in [0.717, 1.165) is 29.7 Å². The molecule has 1 aliphatic rings. The van der Waals surface area contributed by atoms with E-state index < -0.39 is 0 Å². The first kappa shape index (κ1) is 17.6. The van der Waals surface area contributed by atoms with Gasteiger partial charge in [-0.3, -0.25) is 0 Å². The molecule has 0 fully saturated rings. The number of benzene rings is 2. The highest BCUT2D eigenvalue weighted by Gasteiger charge is 2.26. The molecular weight excluding hydrogens is 334 g/mol. The van der Waals surface area contributed by atoms with Crippen molar-refractivity contribution in [2.75, 3.05) is 6.61 Å². The van der Waals surface area contributed by atoms with E-state index in [1.807, 2.05) is 43.3 Å². The number of carbonyl (C=O) groups is 1. The Labute approximate surface area is 153 Å². The fourth-order valence-electron chi connectivity index (χ4n) is 3.23. The number of carbonyl (C=O) groups excluding carboxylic acids is 1. The molecule has 1 N–H and O–H groups in total. The summed E-state index contributed by atoms with van der Waals surface area (Å²) in [6.45, 7) is 4.28. The van der Waals surface area contributed by atoms with E-state index in [1.54, 1.807) is 0 Å². The second kappa shape index (κ2) is 7.75. The van der Waals surface area contributed by atoms with Gasteiger partial charge in [-0.15, -0.1) is 0 Å². The summed E-state index contributed by atoms with van der Waals surface area (Å²) >= 11 is 6.12. The van der Waals surface area contributed by atoms with E-state index in [1.165, 1.54) is 5.56 Å². The number of nitrogens with one attached hydrogen (secondary N) is 1. The van der Waals surface area contributed by atoms with Gasteiger partial charge in [0.2, 0.25) is 0 Å². The lowest BCUT2D eigenvalue weighted by Crippen LogP contribution is -2.25. The van der Waals surface area contributed by atoms with Crippen molar-refractivity contribution in [1.29, 1.82) is 0 Å². The fraction of sp³-hybridized carbons (Fsp3) is 0.286. The smallest absolute Gasteiger partial charge is 0.340 e. The molecule has 3 rings (SSSR count). The maximum Gasteiger partial charge on any atom is 0.340 e. The summed E-state index contributed by atoms with van der Waals surface area (Å²) in [5, 5.41) is 4.22. The van der Waals surface area contributed by atoms with Gasteiger partial charge in [-0.25, -0.2) is 4.79 Å². The Morgan fingerprint density at radius 3 is 2.68 bits per heavy atom. The molecule has 25 heavy (non-hydrogen) atoms. The van der Waals surface area contributed by atoms with E-state index in [-0.39, 0.29) is 12.0 Å². The molecule has 0 saturated carbocycles. The average Bonchev–Trinajstić information content (AvgIpc) is 2.62. The first-order chi connectivity index (χ1) is 12.1. The van der Waals surface area contributed by atoms with Crippen molar-refractivity contribution in [3.05, 3.63) is 75.9 Å². The van der Waals surface area contributed by atoms with Crippen molar-refractivity contribution < 1.29 is 9.53 Å². The zero-order chi connectivity index (χ0) is 17.8. The van der Waals surface area contributed by atoms with E-state index in [9.17, 15) is 4.79 Å². The first-order valence-corrected chi connectivity index (χ1v) is 8.98. The molecular formula is C21H22ClNO2. The minimum Gasteiger partial charge on any atom is -0.462 e. The van der Waals surface area contributed by atoms with Gasteiger partial charge in [0.15, 0.2) is 0 Å². The van der Waals surface area contributed by atoms with Crippen LogP contribution in [-0.2, 0) is 16.0 Å². The van der Waals surface area contributed by atoms with Crippen LogP contribution < -0.4 is 5.32 Å². The number of fused-ring (bicyclic) bond motifs is 1. The summed E-state index contributed by atoms with van der Waals surface area (Å²) in [5.74, 6) is -0.284. The van der Waals surface area contributed by atoms with Crippen molar-refractivity contribution in [3.63, 3.8) is 0 Å². The Hall–Kier alpha value is -2.26. The highest BCUT2D eigenvalue weighted by atomic mass is 35.5. The molecule has 0 unspecified atom stereocenters. The Balaban J connectivity index is 1.99.